The van der Waals surface area contributed by atoms with Gasteiger partial charge in [0.25, 0.3) is 0 Å². The Balaban J connectivity index is 1.85. The van der Waals surface area contributed by atoms with Crippen LogP contribution >= 0.6 is 0 Å². The van der Waals surface area contributed by atoms with Crippen molar-refractivity contribution in [3.05, 3.63) is 0 Å². The summed E-state index contributed by atoms with van der Waals surface area (Å²) in [5, 5.41) is 3.38. The highest BCUT2D eigenvalue weighted by atomic mass is 15.2. The molecule has 0 saturated carbocycles. The lowest BCUT2D eigenvalue weighted by Crippen LogP contribution is -2.49. The van der Waals surface area contributed by atoms with Crippen molar-refractivity contribution in [2.75, 3.05) is 32.7 Å². The van der Waals surface area contributed by atoms with Crippen LogP contribution in [0.1, 0.15) is 12.8 Å². The van der Waals surface area contributed by atoms with Crippen LogP contribution < -0.4 is 5.32 Å². The molecule has 0 amide bonds. The Morgan fingerprint density at radius 1 is 1.33 bits per heavy atom. The van der Waals surface area contributed by atoms with Crippen LogP contribution in [0.3, 0.4) is 0 Å². The fourth-order valence-electron chi connectivity index (χ4n) is 2.01. The van der Waals surface area contributed by atoms with E-state index in [0.717, 1.165) is 25.7 Å². The summed E-state index contributed by atoms with van der Waals surface area (Å²) < 4.78 is 0. The lowest BCUT2D eigenvalue weighted by molar-refractivity contribution is 0.168. The standard InChI is InChI=1S/C9H17N3/c1-3-10-4-2-9(1)12-7-5-11-6-8-12/h3,9,11H,1-2,4-8H2. The first-order valence-corrected chi connectivity index (χ1v) is 4.90. The van der Waals surface area contributed by atoms with E-state index in [0.29, 0.717) is 0 Å². The topological polar surface area (TPSA) is 27.6 Å². The Kier molecular flexibility index (Phi) is 2.74. The number of piperazine rings is 1. The predicted molar refractivity (Wildman–Crippen MR) is 50.8 cm³/mol. The van der Waals surface area contributed by atoms with Gasteiger partial charge in [0, 0.05) is 45.0 Å². The van der Waals surface area contributed by atoms with Crippen LogP contribution in [0.25, 0.3) is 0 Å². The molecular formula is C9H17N3. The first-order valence-electron chi connectivity index (χ1n) is 4.90. The Labute approximate surface area is 73.9 Å². The van der Waals surface area contributed by atoms with Crippen molar-refractivity contribution in [3.63, 3.8) is 0 Å². The third kappa shape index (κ3) is 1.84. The molecule has 1 fully saturated rings. The Bertz CT molecular complexity index is 161. The zero-order chi connectivity index (χ0) is 8.23. The molecule has 0 aromatic heterocycles. The van der Waals surface area contributed by atoms with Crippen molar-refractivity contribution < 1.29 is 0 Å². The summed E-state index contributed by atoms with van der Waals surface area (Å²) in [5.74, 6) is 0. The molecule has 0 aliphatic carbocycles. The maximum Gasteiger partial charge on any atom is 0.0400 e. The molecule has 0 spiro atoms. The van der Waals surface area contributed by atoms with E-state index in [4.69, 9.17) is 0 Å². The summed E-state index contributed by atoms with van der Waals surface area (Å²) in [4.78, 5) is 6.85. The van der Waals surface area contributed by atoms with Gasteiger partial charge in [-0.3, -0.25) is 9.89 Å². The highest BCUT2D eigenvalue weighted by Gasteiger charge is 2.20. The molecule has 2 heterocycles. The average molecular weight is 167 g/mol. The quantitative estimate of drug-likeness (QED) is 0.601. The summed E-state index contributed by atoms with van der Waals surface area (Å²) in [6.07, 6.45) is 4.52. The number of nitrogens with one attached hydrogen (secondary N) is 1. The second-order valence-corrected chi connectivity index (χ2v) is 3.55. The molecule has 2 aliphatic rings. The molecule has 0 aromatic carbocycles. The molecule has 3 heteroatoms. The molecular weight excluding hydrogens is 150 g/mol. The SMILES string of the molecule is C1=NCCC(N2CCNCC2)C1. The van der Waals surface area contributed by atoms with Gasteiger partial charge >= 0.3 is 0 Å². The second-order valence-electron chi connectivity index (χ2n) is 3.55. The van der Waals surface area contributed by atoms with Gasteiger partial charge in [0.05, 0.1) is 0 Å². The summed E-state index contributed by atoms with van der Waals surface area (Å²) in [6, 6.07) is 0.782. The number of rotatable bonds is 1. The van der Waals surface area contributed by atoms with Crippen LogP contribution in [-0.4, -0.2) is 49.9 Å². The van der Waals surface area contributed by atoms with E-state index in [9.17, 15) is 0 Å². The van der Waals surface area contributed by atoms with Crippen molar-refractivity contribution in [2.24, 2.45) is 4.99 Å². The van der Waals surface area contributed by atoms with Gasteiger partial charge in [-0.15, -0.1) is 0 Å². The molecule has 0 radical (unpaired) electrons. The van der Waals surface area contributed by atoms with Crippen LogP contribution in [0.5, 0.6) is 0 Å². The summed E-state index contributed by atoms with van der Waals surface area (Å²) in [5.41, 5.74) is 0. The van der Waals surface area contributed by atoms with Gasteiger partial charge in [-0.2, -0.15) is 0 Å². The highest BCUT2D eigenvalue weighted by Crippen LogP contribution is 2.11. The molecule has 2 aliphatic heterocycles. The fraction of sp³-hybridized carbons (Fsp3) is 0.889. The van der Waals surface area contributed by atoms with Crippen LogP contribution in [0.4, 0.5) is 0 Å². The summed E-state index contributed by atoms with van der Waals surface area (Å²) in [6.45, 7) is 5.80. The minimum Gasteiger partial charge on any atom is -0.314 e. The van der Waals surface area contributed by atoms with Crippen LogP contribution in [0.2, 0.25) is 0 Å². The fourth-order valence-corrected chi connectivity index (χ4v) is 2.01. The third-order valence-corrected chi connectivity index (χ3v) is 2.77. The minimum absolute atomic E-state index is 0.782. The van der Waals surface area contributed by atoms with E-state index in [-0.39, 0.29) is 0 Å². The number of hydrogen-bond donors (Lipinski definition) is 1. The Morgan fingerprint density at radius 3 is 2.83 bits per heavy atom. The molecule has 1 saturated heterocycles. The molecule has 12 heavy (non-hydrogen) atoms. The van der Waals surface area contributed by atoms with E-state index in [2.05, 4.69) is 21.4 Å². The zero-order valence-corrected chi connectivity index (χ0v) is 7.50. The number of nitrogens with zero attached hydrogens (tertiary/aromatic N) is 2. The maximum absolute atomic E-state index is 4.25. The predicted octanol–water partition coefficient (Wildman–Crippen LogP) is 0.125. The lowest BCUT2D eigenvalue weighted by Gasteiger charge is -2.35. The van der Waals surface area contributed by atoms with Gasteiger partial charge in [-0.05, 0) is 12.8 Å². The molecule has 68 valence electrons. The Hall–Kier alpha value is -0.410. The molecule has 3 nitrogen and oxygen atoms in total. The van der Waals surface area contributed by atoms with Gasteiger partial charge in [-0.1, -0.05) is 0 Å². The van der Waals surface area contributed by atoms with Gasteiger partial charge in [0.15, 0.2) is 0 Å². The number of hydrogen-bond acceptors (Lipinski definition) is 3. The molecule has 1 atom stereocenters. The average Bonchev–Trinajstić information content (AvgIpc) is 2.21. The van der Waals surface area contributed by atoms with Crippen LogP contribution in [-0.2, 0) is 0 Å². The van der Waals surface area contributed by atoms with Gasteiger partial charge in [0.1, 0.15) is 0 Å². The van der Waals surface area contributed by atoms with E-state index in [1.54, 1.807) is 0 Å². The lowest BCUT2D eigenvalue weighted by atomic mass is 10.1. The van der Waals surface area contributed by atoms with Gasteiger partial charge < -0.3 is 5.32 Å². The highest BCUT2D eigenvalue weighted by molar-refractivity contribution is 5.59. The smallest absolute Gasteiger partial charge is 0.0400 e. The second kappa shape index (κ2) is 4.01. The molecule has 0 aromatic rings. The van der Waals surface area contributed by atoms with E-state index < -0.39 is 0 Å². The number of aliphatic imine (C=N–C) groups is 1. The molecule has 0 bridgehead atoms. The normalized spacial score (nSPS) is 32.2. The van der Waals surface area contributed by atoms with Crippen molar-refractivity contribution >= 4 is 6.21 Å². The molecule has 1 N–H and O–H groups in total. The van der Waals surface area contributed by atoms with Crippen molar-refractivity contribution in [3.8, 4) is 0 Å². The third-order valence-electron chi connectivity index (χ3n) is 2.77. The Morgan fingerprint density at radius 2 is 2.17 bits per heavy atom. The largest absolute Gasteiger partial charge is 0.314 e. The monoisotopic (exact) mass is 167 g/mol. The molecule has 1 unspecified atom stereocenters. The van der Waals surface area contributed by atoms with Crippen LogP contribution in [0, 0.1) is 0 Å². The van der Waals surface area contributed by atoms with Crippen molar-refractivity contribution in [2.45, 2.75) is 18.9 Å². The first-order chi connectivity index (χ1) is 5.97. The minimum atomic E-state index is 0.782. The van der Waals surface area contributed by atoms with E-state index in [1.165, 1.54) is 25.9 Å². The van der Waals surface area contributed by atoms with Crippen LogP contribution in [0.15, 0.2) is 4.99 Å². The zero-order valence-electron chi connectivity index (χ0n) is 7.50. The van der Waals surface area contributed by atoms with E-state index in [1.807, 2.05) is 0 Å². The van der Waals surface area contributed by atoms with Gasteiger partial charge in [0.2, 0.25) is 0 Å². The van der Waals surface area contributed by atoms with Crippen molar-refractivity contribution in [1.29, 1.82) is 0 Å². The van der Waals surface area contributed by atoms with Crippen molar-refractivity contribution in [1.82, 2.24) is 10.2 Å². The first kappa shape index (κ1) is 8.20. The molecule has 2 rings (SSSR count). The van der Waals surface area contributed by atoms with E-state index >= 15 is 0 Å². The van der Waals surface area contributed by atoms with Gasteiger partial charge in [-0.25, -0.2) is 0 Å². The summed E-state index contributed by atoms with van der Waals surface area (Å²) in [7, 11) is 0. The summed E-state index contributed by atoms with van der Waals surface area (Å²) >= 11 is 0. The maximum atomic E-state index is 4.25.